The standard InChI is InChI=1S/C10H22N2O3S/c1-9(2)7-10(11)8-16(13,14)12-3-5-15-6-4-12/h9-10H,3-8,11H2,1-2H3. The predicted octanol–water partition coefficient (Wildman–Crippen LogP) is 0.0218. The Labute approximate surface area is 98.0 Å². The van der Waals surface area contributed by atoms with Crippen LogP contribution in [0.4, 0.5) is 0 Å². The first-order valence-corrected chi connectivity index (χ1v) is 7.34. The molecule has 1 aliphatic heterocycles. The maximum Gasteiger partial charge on any atom is 0.215 e. The second-order valence-electron chi connectivity index (χ2n) is 4.68. The van der Waals surface area contributed by atoms with E-state index in [4.69, 9.17) is 10.5 Å². The summed E-state index contributed by atoms with van der Waals surface area (Å²) in [7, 11) is -3.20. The monoisotopic (exact) mass is 250 g/mol. The fourth-order valence-electron chi connectivity index (χ4n) is 1.87. The van der Waals surface area contributed by atoms with Crippen LogP contribution in [-0.4, -0.2) is 50.8 Å². The molecule has 0 amide bonds. The van der Waals surface area contributed by atoms with E-state index in [9.17, 15) is 8.42 Å². The first-order valence-electron chi connectivity index (χ1n) is 5.73. The lowest BCUT2D eigenvalue weighted by Crippen LogP contribution is -2.45. The number of hydrogen-bond donors (Lipinski definition) is 1. The lowest BCUT2D eigenvalue weighted by Gasteiger charge is -2.27. The van der Waals surface area contributed by atoms with E-state index >= 15 is 0 Å². The number of hydrogen-bond acceptors (Lipinski definition) is 4. The van der Waals surface area contributed by atoms with Crippen LogP contribution in [0.3, 0.4) is 0 Å². The lowest BCUT2D eigenvalue weighted by molar-refractivity contribution is 0.0729. The van der Waals surface area contributed by atoms with Gasteiger partial charge in [0, 0.05) is 19.1 Å². The molecule has 1 saturated heterocycles. The molecule has 0 spiro atoms. The number of nitrogens with two attached hydrogens (primary N) is 1. The van der Waals surface area contributed by atoms with Crippen LogP contribution in [0.15, 0.2) is 0 Å². The molecule has 1 atom stereocenters. The van der Waals surface area contributed by atoms with Crippen molar-refractivity contribution in [2.45, 2.75) is 26.3 Å². The van der Waals surface area contributed by atoms with Crippen LogP contribution in [0.1, 0.15) is 20.3 Å². The Morgan fingerprint density at radius 1 is 1.31 bits per heavy atom. The Morgan fingerprint density at radius 2 is 1.88 bits per heavy atom. The van der Waals surface area contributed by atoms with Gasteiger partial charge < -0.3 is 10.5 Å². The molecule has 0 aliphatic carbocycles. The van der Waals surface area contributed by atoms with Gasteiger partial charge in [-0.2, -0.15) is 4.31 Å². The molecule has 1 heterocycles. The highest BCUT2D eigenvalue weighted by molar-refractivity contribution is 7.89. The normalized spacial score (nSPS) is 21.2. The van der Waals surface area contributed by atoms with E-state index in [0.29, 0.717) is 32.2 Å². The zero-order valence-corrected chi connectivity index (χ0v) is 10.9. The smallest absolute Gasteiger partial charge is 0.215 e. The van der Waals surface area contributed by atoms with Gasteiger partial charge in [-0.15, -0.1) is 0 Å². The number of rotatable bonds is 5. The van der Waals surface area contributed by atoms with Crippen molar-refractivity contribution in [1.82, 2.24) is 4.31 Å². The maximum atomic E-state index is 12.0. The molecule has 96 valence electrons. The Bertz CT molecular complexity index is 297. The van der Waals surface area contributed by atoms with Gasteiger partial charge in [-0.1, -0.05) is 13.8 Å². The molecule has 0 saturated carbocycles. The second-order valence-corrected chi connectivity index (χ2v) is 6.69. The topological polar surface area (TPSA) is 72.6 Å². The van der Waals surface area contributed by atoms with Crippen molar-refractivity contribution in [2.75, 3.05) is 32.1 Å². The summed E-state index contributed by atoms with van der Waals surface area (Å²) < 4.78 is 30.5. The molecular weight excluding hydrogens is 228 g/mol. The predicted molar refractivity (Wildman–Crippen MR) is 63.6 cm³/mol. The Balaban J connectivity index is 2.49. The zero-order valence-electron chi connectivity index (χ0n) is 10.1. The average Bonchev–Trinajstić information content (AvgIpc) is 2.16. The number of ether oxygens (including phenoxy) is 1. The van der Waals surface area contributed by atoms with E-state index in [1.807, 2.05) is 13.8 Å². The summed E-state index contributed by atoms with van der Waals surface area (Å²) in [5.74, 6) is 0.473. The third-order valence-corrected chi connectivity index (χ3v) is 4.56. The van der Waals surface area contributed by atoms with Gasteiger partial charge in [0.25, 0.3) is 0 Å². The number of morpholine rings is 1. The minimum Gasteiger partial charge on any atom is -0.379 e. The van der Waals surface area contributed by atoms with Crippen molar-refractivity contribution in [2.24, 2.45) is 11.7 Å². The first kappa shape index (κ1) is 13.9. The molecule has 6 heteroatoms. The van der Waals surface area contributed by atoms with Crippen molar-refractivity contribution in [3.63, 3.8) is 0 Å². The van der Waals surface area contributed by atoms with E-state index in [1.54, 1.807) is 0 Å². The summed E-state index contributed by atoms with van der Waals surface area (Å²) in [6.07, 6.45) is 0.740. The molecule has 16 heavy (non-hydrogen) atoms. The van der Waals surface area contributed by atoms with Gasteiger partial charge in [-0.25, -0.2) is 8.42 Å². The van der Waals surface area contributed by atoms with Gasteiger partial charge in [-0.05, 0) is 12.3 Å². The van der Waals surface area contributed by atoms with Crippen molar-refractivity contribution in [3.8, 4) is 0 Å². The SMILES string of the molecule is CC(C)CC(N)CS(=O)(=O)N1CCOCC1. The fourth-order valence-corrected chi connectivity index (χ4v) is 3.47. The molecule has 5 nitrogen and oxygen atoms in total. The lowest BCUT2D eigenvalue weighted by atomic mass is 10.1. The average molecular weight is 250 g/mol. The molecule has 2 N–H and O–H groups in total. The molecule has 0 aromatic carbocycles. The van der Waals surface area contributed by atoms with Crippen LogP contribution < -0.4 is 5.73 Å². The summed E-state index contributed by atoms with van der Waals surface area (Å²) in [6.45, 7) is 5.97. The summed E-state index contributed by atoms with van der Waals surface area (Å²) in [5.41, 5.74) is 5.83. The highest BCUT2D eigenvalue weighted by Gasteiger charge is 2.26. The highest BCUT2D eigenvalue weighted by atomic mass is 32.2. The molecular formula is C10H22N2O3S. The minimum atomic E-state index is -3.20. The van der Waals surface area contributed by atoms with Crippen molar-refractivity contribution < 1.29 is 13.2 Å². The molecule has 0 radical (unpaired) electrons. The summed E-state index contributed by atoms with van der Waals surface area (Å²) in [6, 6.07) is -0.271. The zero-order chi connectivity index (χ0) is 12.2. The van der Waals surface area contributed by atoms with Crippen molar-refractivity contribution in [1.29, 1.82) is 0 Å². The van der Waals surface area contributed by atoms with E-state index < -0.39 is 10.0 Å². The van der Waals surface area contributed by atoms with Gasteiger partial charge in [-0.3, -0.25) is 0 Å². The van der Waals surface area contributed by atoms with E-state index in [-0.39, 0.29) is 11.8 Å². The van der Waals surface area contributed by atoms with Crippen LogP contribution >= 0.6 is 0 Å². The van der Waals surface area contributed by atoms with Crippen LogP contribution in [0.25, 0.3) is 0 Å². The summed E-state index contributed by atoms with van der Waals surface area (Å²) in [5, 5.41) is 0. The van der Waals surface area contributed by atoms with Gasteiger partial charge in [0.05, 0.1) is 19.0 Å². The van der Waals surface area contributed by atoms with E-state index in [0.717, 1.165) is 6.42 Å². The molecule has 1 rings (SSSR count). The second kappa shape index (κ2) is 5.95. The number of sulfonamides is 1. The first-order chi connectivity index (χ1) is 7.42. The van der Waals surface area contributed by atoms with E-state index in [1.165, 1.54) is 4.31 Å². The van der Waals surface area contributed by atoms with Gasteiger partial charge in [0.2, 0.25) is 10.0 Å². The molecule has 1 aliphatic rings. The minimum absolute atomic E-state index is 0.0468. The van der Waals surface area contributed by atoms with Crippen molar-refractivity contribution >= 4 is 10.0 Å². The Hall–Kier alpha value is -0.170. The largest absolute Gasteiger partial charge is 0.379 e. The van der Waals surface area contributed by atoms with Crippen LogP contribution in [0.2, 0.25) is 0 Å². The third kappa shape index (κ3) is 4.37. The molecule has 0 bridgehead atoms. The number of nitrogens with zero attached hydrogens (tertiary/aromatic N) is 1. The molecule has 1 fully saturated rings. The summed E-state index contributed by atoms with van der Waals surface area (Å²) in [4.78, 5) is 0. The Morgan fingerprint density at radius 3 is 2.38 bits per heavy atom. The van der Waals surface area contributed by atoms with Gasteiger partial charge >= 0.3 is 0 Å². The van der Waals surface area contributed by atoms with Gasteiger partial charge in [0.15, 0.2) is 0 Å². The highest BCUT2D eigenvalue weighted by Crippen LogP contribution is 2.10. The van der Waals surface area contributed by atoms with Crippen molar-refractivity contribution in [3.05, 3.63) is 0 Å². The van der Waals surface area contributed by atoms with Crippen LogP contribution in [0, 0.1) is 5.92 Å². The summed E-state index contributed by atoms with van der Waals surface area (Å²) >= 11 is 0. The third-order valence-electron chi connectivity index (χ3n) is 2.56. The molecule has 1 unspecified atom stereocenters. The van der Waals surface area contributed by atoms with E-state index in [2.05, 4.69) is 0 Å². The fraction of sp³-hybridized carbons (Fsp3) is 1.00. The molecule has 0 aromatic heterocycles. The maximum absolute atomic E-state index is 12.0. The van der Waals surface area contributed by atoms with Crippen LogP contribution in [-0.2, 0) is 14.8 Å². The quantitative estimate of drug-likeness (QED) is 0.746. The Kier molecular flexibility index (Phi) is 5.17. The van der Waals surface area contributed by atoms with Crippen LogP contribution in [0.5, 0.6) is 0 Å². The molecule has 0 aromatic rings. The van der Waals surface area contributed by atoms with Gasteiger partial charge in [0.1, 0.15) is 0 Å².